The molecule has 0 aliphatic carbocycles. The van der Waals surface area contributed by atoms with Gasteiger partial charge >= 0.3 is 0 Å². The van der Waals surface area contributed by atoms with Crippen molar-refractivity contribution in [1.29, 1.82) is 0 Å². The van der Waals surface area contributed by atoms with Crippen molar-refractivity contribution in [2.75, 3.05) is 40.5 Å². The summed E-state index contributed by atoms with van der Waals surface area (Å²) in [6.07, 6.45) is -0.589. The number of hydrogen-bond donors (Lipinski definition) is 2. The fourth-order valence-corrected chi connectivity index (χ4v) is 2.58. The van der Waals surface area contributed by atoms with E-state index in [1.54, 1.807) is 7.11 Å². The number of hydrogen-bond acceptors (Lipinski definition) is 6. The lowest BCUT2D eigenvalue weighted by Crippen LogP contribution is -2.32. The Morgan fingerprint density at radius 1 is 1.04 bits per heavy atom. The molecule has 0 spiro atoms. The summed E-state index contributed by atoms with van der Waals surface area (Å²) in [7, 11) is 3.52. The maximum absolute atomic E-state index is 10.2. The molecular weight excluding hydrogens is 334 g/mol. The summed E-state index contributed by atoms with van der Waals surface area (Å²) in [5.41, 5.74) is 1.04. The molecule has 2 N–H and O–H groups in total. The zero-order chi connectivity index (χ0) is 18.8. The fourth-order valence-electron chi connectivity index (χ4n) is 2.58. The second kappa shape index (κ2) is 10.7. The highest BCUT2D eigenvalue weighted by Gasteiger charge is 2.12. The summed E-state index contributed by atoms with van der Waals surface area (Å²) in [6, 6.07) is 15.1. The fraction of sp³-hybridized carbons (Fsp3) is 0.400. The van der Waals surface area contributed by atoms with Crippen LogP contribution in [-0.2, 0) is 6.54 Å². The van der Waals surface area contributed by atoms with Gasteiger partial charge in [0, 0.05) is 13.1 Å². The van der Waals surface area contributed by atoms with E-state index < -0.39 is 6.10 Å². The molecule has 0 unspecified atom stereocenters. The van der Waals surface area contributed by atoms with Crippen LogP contribution in [0.1, 0.15) is 5.56 Å². The Labute approximate surface area is 154 Å². The summed E-state index contributed by atoms with van der Waals surface area (Å²) in [4.78, 5) is 2.02. The zero-order valence-corrected chi connectivity index (χ0v) is 15.3. The monoisotopic (exact) mass is 361 g/mol. The van der Waals surface area contributed by atoms with Gasteiger partial charge in [0.25, 0.3) is 0 Å². The molecule has 0 bridgehead atoms. The summed E-state index contributed by atoms with van der Waals surface area (Å²) in [5, 5.41) is 19.0. The van der Waals surface area contributed by atoms with Crippen LogP contribution in [0.2, 0.25) is 0 Å². The average molecular weight is 361 g/mol. The molecule has 0 aliphatic heterocycles. The normalized spacial score (nSPS) is 12.0. The lowest BCUT2D eigenvalue weighted by molar-refractivity contribution is 0.0743. The van der Waals surface area contributed by atoms with Crippen LogP contribution < -0.4 is 14.2 Å². The minimum Gasteiger partial charge on any atom is -0.493 e. The Bertz CT molecular complexity index is 650. The van der Waals surface area contributed by atoms with Gasteiger partial charge < -0.3 is 24.4 Å². The standard InChI is InChI=1S/C20H27NO5/c1-21(14-17(23)15-26-18-6-4-3-5-7-18)13-16-8-9-19(25-11-10-22)20(12-16)24-2/h3-9,12,17,22-23H,10-11,13-15H2,1-2H3/t17-/m1/s1. The maximum Gasteiger partial charge on any atom is 0.161 e. The van der Waals surface area contributed by atoms with E-state index in [0.717, 1.165) is 11.3 Å². The number of aliphatic hydroxyl groups excluding tert-OH is 2. The van der Waals surface area contributed by atoms with Crippen LogP contribution in [0, 0.1) is 0 Å². The van der Waals surface area contributed by atoms with Gasteiger partial charge in [0.2, 0.25) is 0 Å². The molecule has 2 rings (SSSR count). The van der Waals surface area contributed by atoms with Gasteiger partial charge in [-0.15, -0.1) is 0 Å². The van der Waals surface area contributed by atoms with Gasteiger partial charge in [0.05, 0.1) is 13.7 Å². The van der Waals surface area contributed by atoms with Crippen molar-refractivity contribution in [2.45, 2.75) is 12.6 Å². The lowest BCUT2D eigenvalue weighted by atomic mass is 10.2. The van der Waals surface area contributed by atoms with E-state index in [1.807, 2.05) is 60.5 Å². The van der Waals surface area contributed by atoms with Crippen LogP contribution in [-0.4, -0.2) is 61.7 Å². The van der Waals surface area contributed by atoms with Gasteiger partial charge in [-0.25, -0.2) is 0 Å². The number of aliphatic hydroxyl groups is 2. The average Bonchev–Trinajstić information content (AvgIpc) is 2.66. The summed E-state index contributed by atoms with van der Waals surface area (Å²) in [6.45, 7) is 1.56. The van der Waals surface area contributed by atoms with E-state index in [2.05, 4.69) is 0 Å². The Kier molecular flexibility index (Phi) is 8.21. The zero-order valence-electron chi connectivity index (χ0n) is 15.3. The predicted octanol–water partition coefficient (Wildman–Crippen LogP) is 1.94. The first-order valence-electron chi connectivity index (χ1n) is 8.57. The predicted molar refractivity (Wildman–Crippen MR) is 99.9 cm³/mol. The van der Waals surface area contributed by atoms with Crippen LogP contribution in [0.3, 0.4) is 0 Å². The summed E-state index contributed by atoms with van der Waals surface area (Å²) >= 11 is 0. The summed E-state index contributed by atoms with van der Waals surface area (Å²) in [5.74, 6) is 1.97. The third-order valence-corrected chi connectivity index (χ3v) is 3.74. The molecule has 0 radical (unpaired) electrons. The number of rotatable bonds is 11. The molecule has 2 aromatic rings. The second-order valence-electron chi connectivity index (χ2n) is 6.03. The molecule has 1 atom stereocenters. The van der Waals surface area contributed by atoms with Crippen molar-refractivity contribution in [1.82, 2.24) is 4.90 Å². The maximum atomic E-state index is 10.2. The molecule has 142 valence electrons. The molecule has 0 aliphatic rings. The molecule has 0 aromatic heterocycles. The van der Waals surface area contributed by atoms with Crippen LogP contribution in [0.5, 0.6) is 17.2 Å². The van der Waals surface area contributed by atoms with Gasteiger partial charge in [-0.2, -0.15) is 0 Å². The van der Waals surface area contributed by atoms with Crippen molar-refractivity contribution in [3.63, 3.8) is 0 Å². The third-order valence-electron chi connectivity index (χ3n) is 3.74. The first-order valence-corrected chi connectivity index (χ1v) is 8.57. The minimum absolute atomic E-state index is 0.0451. The molecule has 26 heavy (non-hydrogen) atoms. The Hall–Kier alpha value is -2.28. The highest BCUT2D eigenvalue weighted by molar-refractivity contribution is 5.43. The Morgan fingerprint density at radius 3 is 2.50 bits per heavy atom. The largest absolute Gasteiger partial charge is 0.493 e. The van der Waals surface area contributed by atoms with Gasteiger partial charge in [-0.3, -0.25) is 4.90 Å². The van der Waals surface area contributed by atoms with Crippen molar-refractivity contribution >= 4 is 0 Å². The van der Waals surface area contributed by atoms with Crippen molar-refractivity contribution in [3.8, 4) is 17.2 Å². The van der Waals surface area contributed by atoms with Crippen LogP contribution in [0.25, 0.3) is 0 Å². The minimum atomic E-state index is -0.589. The van der Waals surface area contributed by atoms with Crippen LogP contribution in [0.15, 0.2) is 48.5 Å². The lowest BCUT2D eigenvalue weighted by Gasteiger charge is -2.21. The van der Waals surface area contributed by atoms with Gasteiger partial charge in [0.15, 0.2) is 11.5 Å². The highest BCUT2D eigenvalue weighted by atomic mass is 16.5. The van der Waals surface area contributed by atoms with E-state index >= 15 is 0 Å². The molecule has 0 heterocycles. The van der Waals surface area contributed by atoms with Gasteiger partial charge in [-0.05, 0) is 36.9 Å². The van der Waals surface area contributed by atoms with Gasteiger partial charge in [-0.1, -0.05) is 24.3 Å². The van der Waals surface area contributed by atoms with Crippen molar-refractivity contribution < 1.29 is 24.4 Å². The number of methoxy groups -OCH3 is 1. The Morgan fingerprint density at radius 2 is 1.81 bits per heavy atom. The topological polar surface area (TPSA) is 71.4 Å². The molecule has 0 fully saturated rings. The van der Waals surface area contributed by atoms with Crippen LogP contribution in [0.4, 0.5) is 0 Å². The molecule has 6 nitrogen and oxygen atoms in total. The smallest absolute Gasteiger partial charge is 0.161 e. The molecule has 6 heteroatoms. The van der Waals surface area contributed by atoms with Gasteiger partial charge in [0.1, 0.15) is 25.1 Å². The molecule has 2 aromatic carbocycles. The molecule has 0 saturated heterocycles. The number of nitrogens with zero attached hydrogens (tertiary/aromatic N) is 1. The van der Waals surface area contributed by atoms with Crippen molar-refractivity contribution in [2.24, 2.45) is 0 Å². The third kappa shape index (κ3) is 6.55. The van der Waals surface area contributed by atoms with E-state index in [1.165, 1.54) is 0 Å². The highest BCUT2D eigenvalue weighted by Crippen LogP contribution is 2.28. The quantitative estimate of drug-likeness (QED) is 0.637. The number of benzene rings is 2. The molecule has 0 saturated carbocycles. The number of likely N-dealkylation sites (N-methyl/N-ethyl adjacent to an activating group) is 1. The van der Waals surface area contributed by atoms with E-state index in [4.69, 9.17) is 19.3 Å². The molecular formula is C20H27NO5. The second-order valence-corrected chi connectivity index (χ2v) is 6.03. The molecule has 0 amide bonds. The van der Waals surface area contributed by atoms with Crippen LogP contribution >= 0.6 is 0 Å². The van der Waals surface area contributed by atoms with E-state index in [0.29, 0.717) is 24.6 Å². The van der Waals surface area contributed by atoms with E-state index in [-0.39, 0.29) is 19.8 Å². The first-order chi connectivity index (χ1) is 12.6. The first kappa shape index (κ1) is 20.0. The summed E-state index contributed by atoms with van der Waals surface area (Å²) < 4.78 is 16.3. The van der Waals surface area contributed by atoms with E-state index in [9.17, 15) is 5.11 Å². The Balaban J connectivity index is 1.83. The number of para-hydroxylation sites is 1. The SMILES string of the molecule is COc1cc(CN(C)C[C@@H](O)COc2ccccc2)ccc1OCCO. The number of ether oxygens (including phenoxy) is 3. The van der Waals surface area contributed by atoms with Crippen molar-refractivity contribution in [3.05, 3.63) is 54.1 Å².